The Labute approximate surface area is 98.5 Å². The molecule has 0 aliphatic rings. The Bertz CT molecular complexity index is 443. The number of carboxylic acid groups (broad SMARTS) is 1. The Morgan fingerprint density at radius 2 is 2.06 bits per heavy atom. The van der Waals surface area contributed by atoms with E-state index in [2.05, 4.69) is 5.16 Å². The van der Waals surface area contributed by atoms with Crippen LogP contribution in [-0.2, 0) is 16.1 Å². The summed E-state index contributed by atoms with van der Waals surface area (Å²) < 4.78 is 4.97. The lowest BCUT2D eigenvalue weighted by Gasteiger charge is -2.14. The molecule has 0 saturated carbocycles. The fourth-order valence-electron chi connectivity index (χ4n) is 1.31. The maximum atomic E-state index is 11.5. The number of rotatable bonds is 4. The number of carbonyl (C=O) groups excluding carboxylic acids is 1. The van der Waals surface area contributed by atoms with Crippen molar-refractivity contribution in [3.63, 3.8) is 0 Å². The highest BCUT2D eigenvalue weighted by molar-refractivity contribution is 5.93. The van der Waals surface area contributed by atoms with Gasteiger partial charge in [0, 0.05) is 24.8 Å². The van der Waals surface area contributed by atoms with Crippen LogP contribution in [0.3, 0.4) is 0 Å². The highest BCUT2D eigenvalue weighted by atomic mass is 16.5. The first kappa shape index (κ1) is 13.0. The van der Waals surface area contributed by atoms with Gasteiger partial charge in [0.25, 0.3) is 0 Å². The summed E-state index contributed by atoms with van der Waals surface area (Å²) >= 11 is 0. The van der Waals surface area contributed by atoms with Crippen molar-refractivity contribution >= 4 is 11.9 Å². The van der Waals surface area contributed by atoms with E-state index in [0.717, 1.165) is 23.4 Å². The average Bonchev–Trinajstić information content (AvgIpc) is 2.57. The van der Waals surface area contributed by atoms with E-state index in [0.29, 0.717) is 12.3 Å². The zero-order chi connectivity index (χ0) is 13.0. The van der Waals surface area contributed by atoms with E-state index in [1.807, 2.05) is 0 Å². The molecule has 0 atom stereocenters. The minimum Gasteiger partial charge on any atom is -0.478 e. The van der Waals surface area contributed by atoms with Crippen molar-refractivity contribution in [3.8, 4) is 0 Å². The molecule has 17 heavy (non-hydrogen) atoms. The Balaban J connectivity index is 2.70. The van der Waals surface area contributed by atoms with Crippen molar-refractivity contribution in [1.82, 2.24) is 10.1 Å². The Morgan fingerprint density at radius 1 is 1.41 bits per heavy atom. The van der Waals surface area contributed by atoms with Crippen LogP contribution in [-0.4, -0.2) is 34.1 Å². The maximum absolute atomic E-state index is 11.5. The molecule has 1 aromatic heterocycles. The van der Waals surface area contributed by atoms with Crippen LogP contribution in [0.5, 0.6) is 0 Å². The van der Waals surface area contributed by atoms with Gasteiger partial charge in [0.1, 0.15) is 5.76 Å². The van der Waals surface area contributed by atoms with Gasteiger partial charge < -0.3 is 14.5 Å². The number of hydrogen-bond acceptors (Lipinski definition) is 4. The van der Waals surface area contributed by atoms with Gasteiger partial charge in [0.2, 0.25) is 5.91 Å². The van der Waals surface area contributed by atoms with Crippen LogP contribution in [0.15, 0.2) is 16.7 Å². The van der Waals surface area contributed by atoms with Crippen LogP contribution < -0.4 is 0 Å². The van der Waals surface area contributed by atoms with Gasteiger partial charge in [0.05, 0.1) is 12.2 Å². The summed E-state index contributed by atoms with van der Waals surface area (Å²) in [6.07, 6.45) is 1.83. The minimum absolute atomic E-state index is 0.337. The fourth-order valence-corrected chi connectivity index (χ4v) is 1.31. The lowest BCUT2D eigenvalue weighted by Crippen LogP contribution is -2.24. The second kappa shape index (κ2) is 5.29. The van der Waals surface area contributed by atoms with Crippen molar-refractivity contribution in [1.29, 1.82) is 0 Å². The zero-order valence-corrected chi connectivity index (χ0v) is 9.93. The molecule has 6 heteroatoms. The Hall–Kier alpha value is -2.11. The topological polar surface area (TPSA) is 83.6 Å². The van der Waals surface area contributed by atoms with Crippen molar-refractivity contribution in [2.75, 3.05) is 7.05 Å². The average molecular weight is 238 g/mol. The molecule has 92 valence electrons. The van der Waals surface area contributed by atoms with Crippen molar-refractivity contribution in [2.24, 2.45) is 0 Å². The highest BCUT2D eigenvalue weighted by Crippen LogP contribution is 2.14. The van der Waals surface area contributed by atoms with Gasteiger partial charge in [0.15, 0.2) is 0 Å². The molecule has 0 saturated heterocycles. The van der Waals surface area contributed by atoms with E-state index in [1.54, 1.807) is 20.9 Å². The molecule has 1 aromatic rings. The van der Waals surface area contributed by atoms with Crippen molar-refractivity contribution in [2.45, 2.75) is 20.4 Å². The number of aromatic nitrogens is 1. The lowest BCUT2D eigenvalue weighted by atomic mass is 10.2. The molecule has 1 N–H and O–H groups in total. The third kappa shape index (κ3) is 3.44. The largest absolute Gasteiger partial charge is 0.478 e. The van der Waals surface area contributed by atoms with Crippen molar-refractivity contribution in [3.05, 3.63) is 29.2 Å². The van der Waals surface area contributed by atoms with E-state index in [-0.39, 0.29) is 5.91 Å². The quantitative estimate of drug-likeness (QED) is 0.787. The number of carboxylic acids is 1. The molecule has 0 bridgehead atoms. The van der Waals surface area contributed by atoms with E-state index in [1.165, 1.54) is 4.90 Å². The van der Waals surface area contributed by atoms with Gasteiger partial charge in [-0.05, 0) is 13.8 Å². The van der Waals surface area contributed by atoms with Gasteiger partial charge in [-0.25, -0.2) is 4.79 Å². The SMILES string of the molecule is Cc1noc(C)c1CN(C)C(=O)/C=C/C(=O)O. The summed E-state index contributed by atoms with van der Waals surface area (Å²) in [4.78, 5) is 23.2. The molecule has 0 aliphatic carbocycles. The minimum atomic E-state index is -1.15. The van der Waals surface area contributed by atoms with Crippen LogP contribution >= 0.6 is 0 Å². The highest BCUT2D eigenvalue weighted by Gasteiger charge is 2.13. The smallest absolute Gasteiger partial charge is 0.328 e. The number of carbonyl (C=O) groups is 2. The van der Waals surface area contributed by atoms with E-state index in [9.17, 15) is 9.59 Å². The number of aryl methyl sites for hydroxylation is 2. The summed E-state index contributed by atoms with van der Waals surface area (Å²) in [5.74, 6) is -0.874. The van der Waals surface area contributed by atoms with Crippen LogP contribution in [0.4, 0.5) is 0 Å². The molecule has 6 nitrogen and oxygen atoms in total. The van der Waals surface area contributed by atoms with E-state index >= 15 is 0 Å². The second-order valence-electron chi connectivity index (χ2n) is 3.67. The summed E-state index contributed by atoms with van der Waals surface area (Å²) in [6, 6.07) is 0. The summed E-state index contributed by atoms with van der Waals surface area (Å²) in [6.45, 7) is 3.89. The van der Waals surface area contributed by atoms with Crippen LogP contribution in [0.1, 0.15) is 17.0 Å². The number of aliphatic carboxylic acids is 1. The normalized spacial score (nSPS) is 10.8. The van der Waals surface area contributed by atoms with Crippen molar-refractivity contribution < 1.29 is 19.2 Å². The van der Waals surface area contributed by atoms with Gasteiger partial charge in [-0.15, -0.1) is 0 Å². The lowest BCUT2D eigenvalue weighted by molar-refractivity contribution is -0.132. The second-order valence-corrected chi connectivity index (χ2v) is 3.67. The third-order valence-corrected chi connectivity index (χ3v) is 2.32. The Morgan fingerprint density at radius 3 is 2.53 bits per heavy atom. The maximum Gasteiger partial charge on any atom is 0.328 e. The van der Waals surface area contributed by atoms with Gasteiger partial charge in [-0.3, -0.25) is 4.79 Å². The number of amides is 1. The summed E-state index contributed by atoms with van der Waals surface area (Å²) in [5, 5.41) is 12.2. The fraction of sp³-hybridized carbons (Fsp3) is 0.364. The Kier molecular flexibility index (Phi) is 4.03. The third-order valence-electron chi connectivity index (χ3n) is 2.32. The molecular weight excluding hydrogens is 224 g/mol. The van der Waals surface area contributed by atoms with Crippen LogP contribution in [0, 0.1) is 13.8 Å². The number of nitrogens with zero attached hydrogens (tertiary/aromatic N) is 2. The molecule has 1 heterocycles. The molecule has 0 aromatic carbocycles. The molecular formula is C11H14N2O4. The molecule has 0 radical (unpaired) electrons. The summed E-state index contributed by atoms with van der Waals surface area (Å²) in [5.41, 5.74) is 1.56. The summed E-state index contributed by atoms with van der Waals surface area (Å²) in [7, 11) is 1.58. The number of likely N-dealkylation sites (N-methyl/N-ethyl adjacent to an activating group) is 1. The van der Waals surface area contributed by atoms with Crippen LogP contribution in [0.2, 0.25) is 0 Å². The molecule has 1 rings (SSSR count). The number of hydrogen-bond donors (Lipinski definition) is 1. The first-order valence-electron chi connectivity index (χ1n) is 4.99. The van der Waals surface area contributed by atoms with Gasteiger partial charge in [-0.2, -0.15) is 0 Å². The first-order chi connectivity index (χ1) is 7.91. The predicted octanol–water partition coefficient (Wildman–Crippen LogP) is 0.891. The van der Waals surface area contributed by atoms with E-state index < -0.39 is 5.97 Å². The standard InChI is InChI=1S/C11H14N2O4/c1-7-9(8(2)17-12-7)6-13(3)10(14)4-5-11(15)16/h4-5H,6H2,1-3H3,(H,15,16)/b5-4+. The molecule has 0 fully saturated rings. The molecule has 1 amide bonds. The van der Waals surface area contributed by atoms with Gasteiger partial charge >= 0.3 is 5.97 Å². The van der Waals surface area contributed by atoms with E-state index in [4.69, 9.17) is 9.63 Å². The molecule has 0 spiro atoms. The molecule has 0 unspecified atom stereocenters. The molecule has 0 aliphatic heterocycles. The monoisotopic (exact) mass is 238 g/mol. The zero-order valence-electron chi connectivity index (χ0n) is 9.93. The predicted molar refractivity (Wildman–Crippen MR) is 59.2 cm³/mol. The van der Waals surface area contributed by atoms with Gasteiger partial charge in [-0.1, -0.05) is 5.16 Å². The van der Waals surface area contributed by atoms with Crippen LogP contribution in [0.25, 0.3) is 0 Å². The first-order valence-corrected chi connectivity index (χ1v) is 4.99.